The van der Waals surface area contributed by atoms with Gasteiger partial charge in [0, 0.05) is 18.5 Å². The Morgan fingerprint density at radius 3 is 2.75 bits per heavy atom. The minimum atomic E-state index is -0.944. The number of benzene rings is 1. The van der Waals surface area contributed by atoms with Crippen molar-refractivity contribution < 1.29 is 24.0 Å². The van der Waals surface area contributed by atoms with Crippen LogP contribution in [0.4, 0.5) is 15.8 Å². The van der Waals surface area contributed by atoms with E-state index < -0.39 is 22.4 Å². The molecule has 1 aromatic carbocycles. The molecule has 0 saturated carbocycles. The van der Waals surface area contributed by atoms with Crippen molar-refractivity contribution in [1.82, 2.24) is 0 Å². The average Bonchev–Trinajstić information content (AvgIpc) is 2.38. The fourth-order valence-electron chi connectivity index (χ4n) is 1.64. The molecule has 8 heteroatoms. The lowest BCUT2D eigenvalue weighted by atomic mass is 10.1. The van der Waals surface area contributed by atoms with Crippen LogP contribution in [0.25, 0.3) is 0 Å². The first-order chi connectivity index (χ1) is 9.35. The molecule has 0 aromatic heterocycles. The Morgan fingerprint density at radius 2 is 2.25 bits per heavy atom. The second-order valence-corrected chi connectivity index (χ2v) is 4.24. The summed E-state index contributed by atoms with van der Waals surface area (Å²) in [7, 11) is 1.25. The fraction of sp³-hybridized carbons (Fsp3) is 0.417. The first kappa shape index (κ1) is 15.7. The van der Waals surface area contributed by atoms with Crippen molar-refractivity contribution in [2.24, 2.45) is 0 Å². The SMILES string of the molecule is COc1cc(NC(C)CCC(=O)O)c(F)cc1[N+](=O)[O-]. The number of nitrogens with zero attached hydrogens (tertiary/aromatic N) is 1. The van der Waals surface area contributed by atoms with Gasteiger partial charge in [-0.25, -0.2) is 4.39 Å². The summed E-state index contributed by atoms with van der Waals surface area (Å²) in [6, 6.07) is 1.65. The van der Waals surface area contributed by atoms with Gasteiger partial charge < -0.3 is 15.2 Å². The van der Waals surface area contributed by atoms with Gasteiger partial charge in [0.1, 0.15) is 0 Å². The topological polar surface area (TPSA) is 102 Å². The zero-order chi connectivity index (χ0) is 15.3. The number of carboxylic acid groups (broad SMARTS) is 1. The van der Waals surface area contributed by atoms with Crippen molar-refractivity contribution in [2.45, 2.75) is 25.8 Å². The van der Waals surface area contributed by atoms with Gasteiger partial charge >= 0.3 is 11.7 Å². The van der Waals surface area contributed by atoms with Gasteiger partial charge in [-0.05, 0) is 13.3 Å². The summed E-state index contributed by atoms with van der Waals surface area (Å²) in [6.07, 6.45) is 0.244. The van der Waals surface area contributed by atoms with Crippen LogP contribution >= 0.6 is 0 Å². The van der Waals surface area contributed by atoms with Crippen molar-refractivity contribution >= 4 is 17.3 Å². The second kappa shape index (κ2) is 6.69. The van der Waals surface area contributed by atoms with Crippen LogP contribution in [-0.4, -0.2) is 29.2 Å². The number of hydrogen-bond acceptors (Lipinski definition) is 5. The van der Waals surface area contributed by atoms with E-state index in [-0.39, 0.29) is 23.9 Å². The highest BCUT2D eigenvalue weighted by atomic mass is 19.1. The predicted octanol–water partition coefficient (Wildman–Crippen LogP) is 2.41. The van der Waals surface area contributed by atoms with E-state index in [1.807, 2.05) is 0 Å². The lowest BCUT2D eigenvalue weighted by molar-refractivity contribution is -0.385. The van der Waals surface area contributed by atoms with E-state index in [1.54, 1.807) is 6.92 Å². The van der Waals surface area contributed by atoms with E-state index >= 15 is 0 Å². The number of ether oxygens (including phenoxy) is 1. The normalized spacial score (nSPS) is 11.8. The lowest BCUT2D eigenvalue weighted by Crippen LogP contribution is -2.17. The molecule has 20 heavy (non-hydrogen) atoms. The summed E-state index contributed by atoms with van der Waals surface area (Å²) in [5.74, 6) is -1.80. The Hall–Kier alpha value is -2.38. The molecule has 0 bridgehead atoms. The quantitative estimate of drug-likeness (QED) is 0.589. The van der Waals surface area contributed by atoms with E-state index in [0.29, 0.717) is 6.42 Å². The predicted molar refractivity (Wildman–Crippen MR) is 69.6 cm³/mol. The molecule has 1 unspecified atom stereocenters. The third-order valence-corrected chi connectivity index (χ3v) is 2.66. The molecule has 0 heterocycles. The maximum Gasteiger partial charge on any atom is 0.313 e. The second-order valence-electron chi connectivity index (χ2n) is 4.24. The number of halogens is 1. The molecule has 7 nitrogen and oxygen atoms in total. The molecule has 0 aliphatic carbocycles. The molecule has 1 atom stereocenters. The van der Waals surface area contributed by atoms with Crippen molar-refractivity contribution in [3.63, 3.8) is 0 Å². The largest absolute Gasteiger partial charge is 0.490 e. The van der Waals surface area contributed by atoms with Crippen LogP contribution in [0.1, 0.15) is 19.8 Å². The number of anilines is 1. The maximum atomic E-state index is 13.7. The molecule has 1 rings (SSSR count). The number of nitrogens with one attached hydrogen (secondary N) is 1. The Bertz CT molecular complexity index is 521. The average molecular weight is 286 g/mol. The summed E-state index contributed by atoms with van der Waals surface area (Å²) < 4.78 is 18.6. The number of methoxy groups -OCH3 is 1. The molecular weight excluding hydrogens is 271 g/mol. The highest BCUT2D eigenvalue weighted by Gasteiger charge is 2.20. The zero-order valence-electron chi connectivity index (χ0n) is 11.1. The van der Waals surface area contributed by atoms with Gasteiger partial charge in [0.25, 0.3) is 0 Å². The fourth-order valence-corrected chi connectivity index (χ4v) is 1.64. The zero-order valence-corrected chi connectivity index (χ0v) is 11.1. The molecular formula is C12H15FN2O5. The van der Waals surface area contributed by atoms with Gasteiger partial charge in [0.05, 0.1) is 23.8 Å². The van der Waals surface area contributed by atoms with Crippen molar-refractivity contribution in [3.05, 3.63) is 28.1 Å². The number of carbonyl (C=O) groups is 1. The molecule has 0 fully saturated rings. The Kier molecular flexibility index (Phi) is 5.24. The van der Waals surface area contributed by atoms with Gasteiger partial charge in [-0.2, -0.15) is 0 Å². The summed E-state index contributed by atoms with van der Waals surface area (Å²) in [6.45, 7) is 1.69. The number of nitro groups is 1. The van der Waals surface area contributed by atoms with E-state index in [1.165, 1.54) is 13.2 Å². The number of nitro benzene ring substituents is 1. The van der Waals surface area contributed by atoms with Gasteiger partial charge in [0.15, 0.2) is 11.6 Å². The summed E-state index contributed by atoms with van der Waals surface area (Å²) in [4.78, 5) is 20.4. The first-order valence-electron chi connectivity index (χ1n) is 5.85. The monoisotopic (exact) mass is 286 g/mol. The van der Waals surface area contributed by atoms with E-state index in [4.69, 9.17) is 9.84 Å². The summed E-state index contributed by atoms with van der Waals surface area (Å²) >= 11 is 0. The number of hydrogen-bond donors (Lipinski definition) is 2. The smallest absolute Gasteiger partial charge is 0.313 e. The Balaban J connectivity index is 2.90. The maximum absolute atomic E-state index is 13.7. The highest BCUT2D eigenvalue weighted by Crippen LogP contribution is 2.32. The van der Waals surface area contributed by atoms with Crippen molar-refractivity contribution in [3.8, 4) is 5.75 Å². The molecule has 0 aliphatic heterocycles. The third kappa shape index (κ3) is 4.08. The highest BCUT2D eigenvalue weighted by molar-refractivity contribution is 5.66. The van der Waals surface area contributed by atoms with Crippen LogP contribution in [-0.2, 0) is 4.79 Å². The van der Waals surface area contributed by atoms with E-state index in [9.17, 15) is 19.3 Å². The van der Waals surface area contributed by atoms with Crippen molar-refractivity contribution in [1.29, 1.82) is 0 Å². The lowest BCUT2D eigenvalue weighted by Gasteiger charge is -2.15. The molecule has 0 amide bonds. The van der Waals surface area contributed by atoms with Gasteiger partial charge in [-0.3, -0.25) is 14.9 Å². The van der Waals surface area contributed by atoms with Crippen LogP contribution in [0.5, 0.6) is 5.75 Å². The molecule has 1 aromatic rings. The standard InChI is InChI=1S/C12H15FN2O5/c1-7(3-4-12(16)17)14-9-6-11(20-2)10(15(18)19)5-8(9)13/h5-7,14H,3-4H2,1-2H3,(H,16,17). The molecule has 2 N–H and O–H groups in total. The van der Waals surface area contributed by atoms with Crippen LogP contribution < -0.4 is 10.1 Å². The van der Waals surface area contributed by atoms with Gasteiger partial charge in [-0.15, -0.1) is 0 Å². The number of rotatable bonds is 7. The first-order valence-corrected chi connectivity index (χ1v) is 5.85. The van der Waals surface area contributed by atoms with Crippen LogP contribution in [0, 0.1) is 15.9 Å². The minimum Gasteiger partial charge on any atom is -0.490 e. The molecule has 110 valence electrons. The van der Waals surface area contributed by atoms with E-state index in [0.717, 1.165) is 6.07 Å². The van der Waals surface area contributed by atoms with E-state index in [2.05, 4.69) is 5.32 Å². The summed E-state index contributed by atoms with van der Waals surface area (Å²) in [5.41, 5.74) is -0.431. The van der Waals surface area contributed by atoms with Crippen molar-refractivity contribution in [2.75, 3.05) is 12.4 Å². The van der Waals surface area contributed by atoms with Crippen LogP contribution in [0.15, 0.2) is 12.1 Å². The third-order valence-electron chi connectivity index (χ3n) is 2.66. The molecule has 0 radical (unpaired) electrons. The summed E-state index contributed by atoms with van der Waals surface area (Å²) in [5, 5.41) is 22.0. The number of aliphatic carboxylic acids is 1. The van der Waals surface area contributed by atoms with Gasteiger partial charge in [0.2, 0.25) is 0 Å². The molecule has 0 spiro atoms. The minimum absolute atomic E-state index is 0.0327. The van der Waals surface area contributed by atoms with Gasteiger partial charge in [-0.1, -0.05) is 0 Å². The Morgan fingerprint density at radius 1 is 1.60 bits per heavy atom. The Labute approximate surface area is 114 Å². The van der Waals surface area contributed by atoms with Crippen LogP contribution in [0.3, 0.4) is 0 Å². The molecule has 0 saturated heterocycles. The molecule has 0 aliphatic rings. The number of carboxylic acids is 1. The van der Waals surface area contributed by atoms with Crippen LogP contribution in [0.2, 0.25) is 0 Å².